The second kappa shape index (κ2) is 11.0. The Balaban J connectivity index is 1.76. The van der Waals surface area contributed by atoms with Gasteiger partial charge in [0, 0.05) is 17.3 Å². The molecule has 0 radical (unpaired) electrons. The molecule has 1 aliphatic rings. The number of nitrogens with zero attached hydrogens (tertiary/aromatic N) is 2. The van der Waals surface area contributed by atoms with E-state index in [9.17, 15) is 24.6 Å². The molecule has 4 N–H and O–H groups in total. The molecule has 9 nitrogen and oxygen atoms in total. The Bertz CT molecular complexity index is 1450. The van der Waals surface area contributed by atoms with Crippen LogP contribution in [0.15, 0.2) is 57.0 Å². The molecule has 1 fully saturated rings. The topological polar surface area (TPSA) is 137 Å². The number of aryl methyl sites for hydroxylation is 2. The first kappa shape index (κ1) is 26.2. The first-order chi connectivity index (χ1) is 17.6. The number of rotatable bonds is 6. The Morgan fingerprint density at radius 2 is 1.78 bits per heavy atom. The number of aliphatic imine (C=N–C) groups is 1. The van der Waals surface area contributed by atoms with Gasteiger partial charge in [0.15, 0.2) is 0 Å². The second-order valence-corrected chi connectivity index (χ2v) is 9.90. The van der Waals surface area contributed by atoms with Gasteiger partial charge < -0.3 is 15.5 Å². The standard InChI is InChI=1S/C27H29ClN4O5/c1-15-3-12-21(16(2)13-15)32-25(34)22(24(33)31-27(32)37)23(30-20-10-8-19(28)9-11-20)29-14-17-4-6-18(7-5-17)26(35)36/h3,8-13,17-18,34H,4-7,14H2,1-2H3,(H,29,30)(H,35,36)(H,31,33,37). The number of nitrogens with one attached hydrogen (secondary N) is 2. The van der Waals surface area contributed by atoms with Crippen LogP contribution < -0.4 is 16.6 Å². The maximum Gasteiger partial charge on any atom is 0.335 e. The zero-order chi connectivity index (χ0) is 26.7. The molecule has 0 unspecified atom stereocenters. The smallest absolute Gasteiger partial charge is 0.335 e. The average molecular weight is 525 g/mol. The van der Waals surface area contributed by atoms with E-state index in [-0.39, 0.29) is 23.2 Å². The summed E-state index contributed by atoms with van der Waals surface area (Å²) in [5, 5.41) is 24.2. The molecular weight excluding hydrogens is 496 g/mol. The third kappa shape index (κ3) is 5.94. The summed E-state index contributed by atoms with van der Waals surface area (Å²) >= 11 is 6.01. The Hall–Kier alpha value is -3.85. The van der Waals surface area contributed by atoms with Crippen LogP contribution in [-0.4, -0.2) is 38.1 Å². The molecule has 2 aromatic carbocycles. The van der Waals surface area contributed by atoms with Crippen LogP contribution in [0.2, 0.25) is 5.02 Å². The highest BCUT2D eigenvalue weighted by molar-refractivity contribution is 6.30. The fourth-order valence-electron chi connectivity index (χ4n) is 4.68. The lowest BCUT2D eigenvalue weighted by molar-refractivity contribution is -0.143. The van der Waals surface area contributed by atoms with E-state index in [1.54, 1.807) is 30.3 Å². The largest absolute Gasteiger partial charge is 0.493 e. The minimum atomic E-state index is -0.780. The van der Waals surface area contributed by atoms with E-state index in [0.29, 0.717) is 48.6 Å². The van der Waals surface area contributed by atoms with Crippen molar-refractivity contribution >= 4 is 29.1 Å². The number of hydrogen-bond acceptors (Lipinski definition) is 5. The SMILES string of the molecule is Cc1ccc(-n2c(O)c(C(=NCC3CCC(C(=O)O)CC3)Nc3ccc(Cl)cc3)c(=O)[nH]c2=O)c(C)c1. The molecular formula is C27H29ClN4O5. The number of aliphatic carboxylic acids is 1. The van der Waals surface area contributed by atoms with Crippen LogP contribution in [-0.2, 0) is 4.79 Å². The van der Waals surface area contributed by atoms with E-state index >= 15 is 0 Å². The van der Waals surface area contributed by atoms with E-state index in [1.807, 2.05) is 26.0 Å². The van der Waals surface area contributed by atoms with Crippen LogP contribution in [0.25, 0.3) is 5.69 Å². The molecule has 0 spiro atoms. The monoisotopic (exact) mass is 524 g/mol. The van der Waals surface area contributed by atoms with Crippen molar-refractivity contribution in [3.63, 3.8) is 0 Å². The van der Waals surface area contributed by atoms with Crippen LogP contribution in [0.4, 0.5) is 5.69 Å². The minimum absolute atomic E-state index is 0.0972. The third-order valence-corrected chi connectivity index (χ3v) is 6.98. The van der Waals surface area contributed by atoms with Gasteiger partial charge in [-0.1, -0.05) is 29.3 Å². The second-order valence-electron chi connectivity index (χ2n) is 9.46. The summed E-state index contributed by atoms with van der Waals surface area (Å²) in [5.41, 5.74) is 1.03. The Morgan fingerprint density at radius 1 is 1.11 bits per heavy atom. The van der Waals surface area contributed by atoms with Crippen LogP contribution in [0.3, 0.4) is 0 Å². The van der Waals surface area contributed by atoms with Crippen molar-refractivity contribution in [1.29, 1.82) is 0 Å². The summed E-state index contributed by atoms with van der Waals surface area (Å²) in [6.07, 6.45) is 2.52. The van der Waals surface area contributed by atoms with Gasteiger partial charge in [-0.25, -0.2) is 9.36 Å². The number of benzene rings is 2. The summed E-state index contributed by atoms with van der Waals surface area (Å²) in [6, 6.07) is 12.2. The summed E-state index contributed by atoms with van der Waals surface area (Å²) in [4.78, 5) is 44.0. The molecule has 3 aromatic rings. The van der Waals surface area contributed by atoms with Gasteiger partial charge in [0.25, 0.3) is 5.56 Å². The van der Waals surface area contributed by atoms with E-state index in [0.717, 1.165) is 15.7 Å². The molecule has 1 aromatic heterocycles. The molecule has 0 atom stereocenters. The van der Waals surface area contributed by atoms with E-state index in [4.69, 9.17) is 11.6 Å². The molecule has 10 heteroatoms. The molecule has 0 bridgehead atoms. The maximum atomic E-state index is 13.0. The molecule has 0 amide bonds. The van der Waals surface area contributed by atoms with Gasteiger partial charge in [-0.3, -0.25) is 19.6 Å². The number of halogens is 1. The highest BCUT2D eigenvalue weighted by Crippen LogP contribution is 2.29. The van der Waals surface area contributed by atoms with Gasteiger partial charge in [-0.2, -0.15) is 0 Å². The number of anilines is 1. The highest BCUT2D eigenvalue weighted by atomic mass is 35.5. The quantitative estimate of drug-likeness (QED) is 0.281. The molecule has 1 heterocycles. The first-order valence-electron chi connectivity index (χ1n) is 12.1. The van der Waals surface area contributed by atoms with E-state index in [1.165, 1.54) is 0 Å². The first-order valence-corrected chi connectivity index (χ1v) is 12.5. The Morgan fingerprint density at radius 3 is 2.41 bits per heavy atom. The summed E-state index contributed by atoms with van der Waals surface area (Å²) in [7, 11) is 0. The molecule has 1 aliphatic carbocycles. The van der Waals surface area contributed by atoms with Crippen molar-refractivity contribution in [3.8, 4) is 11.6 Å². The number of carboxylic acid groups (broad SMARTS) is 1. The van der Waals surface area contributed by atoms with Gasteiger partial charge in [-0.05, 0) is 81.3 Å². The van der Waals surface area contributed by atoms with Gasteiger partial charge in [0.1, 0.15) is 11.4 Å². The zero-order valence-electron chi connectivity index (χ0n) is 20.6. The van der Waals surface area contributed by atoms with Crippen LogP contribution in [0.1, 0.15) is 42.4 Å². The summed E-state index contributed by atoms with van der Waals surface area (Å²) < 4.78 is 1.06. The summed E-state index contributed by atoms with van der Waals surface area (Å²) in [5.74, 6) is -1.43. The predicted molar refractivity (Wildman–Crippen MR) is 143 cm³/mol. The number of hydrogen-bond donors (Lipinski definition) is 4. The van der Waals surface area contributed by atoms with Crippen molar-refractivity contribution in [1.82, 2.24) is 9.55 Å². The van der Waals surface area contributed by atoms with Crippen LogP contribution in [0.5, 0.6) is 5.88 Å². The number of carboxylic acids is 1. The van der Waals surface area contributed by atoms with E-state index < -0.39 is 23.1 Å². The van der Waals surface area contributed by atoms with Crippen molar-refractivity contribution in [3.05, 3.63) is 85.0 Å². The number of aromatic amines is 1. The number of aromatic nitrogens is 2. The lowest BCUT2D eigenvalue weighted by atomic mass is 9.82. The van der Waals surface area contributed by atoms with Crippen molar-refractivity contribution < 1.29 is 15.0 Å². The van der Waals surface area contributed by atoms with Gasteiger partial charge >= 0.3 is 11.7 Å². The van der Waals surface area contributed by atoms with Gasteiger partial charge in [-0.15, -0.1) is 0 Å². The van der Waals surface area contributed by atoms with Crippen LogP contribution in [0, 0.1) is 25.7 Å². The highest BCUT2D eigenvalue weighted by Gasteiger charge is 2.27. The number of carbonyl (C=O) groups is 1. The lowest BCUT2D eigenvalue weighted by Crippen LogP contribution is -2.35. The van der Waals surface area contributed by atoms with Gasteiger partial charge in [0.05, 0.1) is 11.6 Å². The van der Waals surface area contributed by atoms with E-state index in [2.05, 4.69) is 15.3 Å². The zero-order valence-corrected chi connectivity index (χ0v) is 21.4. The normalized spacial score (nSPS) is 18.0. The fourth-order valence-corrected chi connectivity index (χ4v) is 4.81. The maximum absolute atomic E-state index is 13.0. The molecule has 1 saturated carbocycles. The molecule has 4 rings (SSSR count). The fraction of sp³-hybridized carbons (Fsp3) is 0.333. The van der Waals surface area contributed by atoms with Crippen molar-refractivity contribution in [2.75, 3.05) is 11.9 Å². The van der Waals surface area contributed by atoms with Crippen molar-refractivity contribution in [2.24, 2.45) is 16.8 Å². The molecule has 0 aliphatic heterocycles. The number of aromatic hydroxyl groups is 1. The third-order valence-electron chi connectivity index (χ3n) is 6.73. The summed E-state index contributed by atoms with van der Waals surface area (Å²) in [6.45, 7) is 4.06. The number of amidine groups is 1. The molecule has 0 saturated heterocycles. The Labute approximate surface area is 218 Å². The predicted octanol–water partition coefficient (Wildman–Crippen LogP) is 4.25. The van der Waals surface area contributed by atoms with Crippen LogP contribution >= 0.6 is 11.6 Å². The van der Waals surface area contributed by atoms with Crippen molar-refractivity contribution in [2.45, 2.75) is 39.5 Å². The Kier molecular flexibility index (Phi) is 7.83. The molecule has 194 valence electrons. The lowest BCUT2D eigenvalue weighted by Gasteiger charge is -2.25. The molecule has 37 heavy (non-hydrogen) atoms. The number of H-pyrrole nitrogens is 1. The average Bonchev–Trinajstić information content (AvgIpc) is 2.85. The minimum Gasteiger partial charge on any atom is -0.493 e. The van der Waals surface area contributed by atoms with Gasteiger partial charge in [0.2, 0.25) is 5.88 Å².